The van der Waals surface area contributed by atoms with E-state index < -0.39 is 36.1 Å². The lowest BCUT2D eigenvalue weighted by molar-refractivity contribution is -0.138. The van der Waals surface area contributed by atoms with Crippen LogP contribution in [-0.2, 0) is 25.1 Å². The van der Waals surface area contributed by atoms with E-state index in [-0.39, 0.29) is 36.1 Å². The van der Waals surface area contributed by atoms with Gasteiger partial charge in [-0.3, -0.25) is 0 Å². The van der Waals surface area contributed by atoms with Gasteiger partial charge in [-0.15, -0.1) is 0 Å². The molecule has 1 fully saturated rings. The number of ether oxygens (including phenoxy) is 4. The molecule has 0 saturated carbocycles. The summed E-state index contributed by atoms with van der Waals surface area (Å²) in [5, 5.41) is 0. The van der Waals surface area contributed by atoms with Crippen molar-refractivity contribution in [1.82, 2.24) is 4.90 Å². The average Bonchev–Trinajstić information content (AvgIpc) is 2.81. The van der Waals surface area contributed by atoms with Gasteiger partial charge in [0.2, 0.25) is 0 Å². The lowest BCUT2D eigenvalue weighted by Gasteiger charge is -2.39. The van der Waals surface area contributed by atoms with E-state index in [1.165, 1.54) is 25.1 Å². The number of hydrogen-bond acceptors (Lipinski definition) is 8. The van der Waals surface area contributed by atoms with Crippen molar-refractivity contribution in [2.24, 2.45) is 4.99 Å². The molecule has 3 rings (SSSR count). The number of rotatable bonds is 5. The van der Waals surface area contributed by atoms with Crippen LogP contribution in [0.25, 0.3) is 0 Å². The summed E-state index contributed by atoms with van der Waals surface area (Å²) in [6, 6.07) is 4.91. The van der Waals surface area contributed by atoms with Crippen molar-refractivity contribution in [2.75, 3.05) is 26.3 Å². The summed E-state index contributed by atoms with van der Waals surface area (Å²) < 4.78 is 62.9. The van der Waals surface area contributed by atoms with Crippen molar-refractivity contribution in [3.8, 4) is 0 Å². The topological polar surface area (TPSA) is 86.7 Å². The molecule has 2 heterocycles. The normalized spacial score (nSPS) is 20.7. The molecule has 0 spiro atoms. The van der Waals surface area contributed by atoms with Crippen LogP contribution in [-0.4, -0.2) is 55.5 Å². The summed E-state index contributed by atoms with van der Waals surface area (Å²) in [5.74, 6) is -1.22. The molecule has 8 nitrogen and oxygen atoms in total. The predicted molar refractivity (Wildman–Crippen MR) is 120 cm³/mol. The first kappa shape index (κ1) is 26.4. The number of carbonyl (C=O) groups is 2. The number of alkyl halides is 3. The Kier molecular flexibility index (Phi) is 8.63. The van der Waals surface area contributed by atoms with E-state index in [1.54, 1.807) is 13.8 Å². The van der Waals surface area contributed by atoms with E-state index in [1.807, 2.05) is 4.90 Å². The van der Waals surface area contributed by atoms with Crippen LogP contribution < -0.4 is 0 Å². The van der Waals surface area contributed by atoms with Gasteiger partial charge < -0.3 is 23.8 Å². The third-order valence-corrected chi connectivity index (χ3v) is 5.70. The number of halogens is 3. The van der Waals surface area contributed by atoms with E-state index in [2.05, 4.69) is 4.99 Å². The minimum absolute atomic E-state index is 0.0000157. The maximum Gasteiger partial charge on any atom is 0.513 e. The third-order valence-electron chi connectivity index (χ3n) is 5.70. The molecule has 2 unspecified atom stereocenters. The van der Waals surface area contributed by atoms with Crippen molar-refractivity contribution in [1.29, 1.82) is 0 Å². The van der Waals surface area contributed by atoms with Crippen molar-refractivity contribution in [3.63, 3.8) is 0 Å². The number of allylic oxidation sites excluding steroid dienone is 1. The summed E-state index contributed by atoms with van der Waals surface area (Å²) >= 11 is 0. The van der Waals surface area contributed by atoms with Crippen molar-refractivity contribution < 1.29 is 41.7 Å². The second kappa shape index (κ2) is 11.5. The number of carbonyl (C=O) groups excluding carboxylic acids is 2. The maximum absolute atomic E-state index is 14.1. The zero-order chi connectivity index (χ0) is 25.6. The highest BCUT2D eigenvalue weighted by Gasteiger charge is 2.46. The van der Waals surface area contributed by atoms with Crippen molar-refractivity contribution in [2.45, 2.75) is 58.2 Å². The summed E-state index contributed by atoms with van der Waals surface area (Å²) in [6.45, 7) is 5.87. The molecule has 0 bridgehead atoms. The molecule has 1 aromatic carbocycles. The van der Waals surface area contributed by atoms with Crippen LogP contribution in [0.4, 0.5) is 22.8 Å². The number of nitrogens with zero attached hydrogens (tertiary/aromatic N) is 2. The molecule has 1 saturated heterocycles. The van der Waals surface area contributed by atoms with E-state index in [9.17, 15) is 22.8 Å². The fraction of sp³-hybridized carbons (Fsp3) is 0.542. The Hall–Kier alpha value is -3.24. The largest absolute Gasteiger partial charge is 0.513 e. The minimum Gasteiger partial charge on any atom is -0.435 e. The van der Waals surface area contributed by atoms with Gasteiger partial charge in [0.05, 0.1) is 30.4 Å². The molecule has 2 aliphatic heterocycles. The third kappa shape index (κ3) is 6.26. The van der Waals surface area contributed by atoms with Crippen molar-refractivity contribution >= 4 is 18.1 Å². The molecule has 11 heteroatoms. The molecule has 2 atom stereocenters. The fourth-order valence-corrected chi connectivity index (χ4v) is 4.26. The molecule has 1 aromatic rings. The number of likely N-dealkylation sites (tertiary alicyclic amines) is 1. The van der Waals surface area contributed by atoms with Gasteiger partial charge in [0.15, 0.2) is 6.10 Å². The highest BCUT2D eigenvalue weighted by molar-refractivity contribution is 5.92. The first-order valence-electron chi connectivity index (χ1n) is 11.6. The molecule has 2 aliphatic rings. The molecule has 0 aliphatic carbocycles. The van der Waals surface area contributed by atoms with Gasteiger partial charge in [-0.1, -0.05) is 18.2 Å². The predicted octanol–water partition coefficient (Wildman–Crippen LogP) is 5.63. The molecular weight excluding hydrogens is 469 g/mol. The van der Waals surface area contributed by atoms with Gasteiger partial charge in [0.25, 0.3) is 0 Å². The van der Waals surface area contributed by atoms with Crippen LogP contribution in [0.5, 0.6) is 0 Å². The van der Waals surface area contributed by atoms with Crippen LogP contribution in [0.1, 0.15) is 57.1 Å². The van der Waals surface area contributed by atoms with Crippen LogP contribution in [0.2, 0.25) is 0 Å². The summed E-state index contributed by atoms with van der Waals surface area (Å²) in [4.78, 5) is 31.1. The maximum atomic E-state index is 14.1. The number of aliphatic imine (C=N–C) groups is 1. The number of hydrogen-bond donors (Lipinski definition) is 0. The quantitative estimate of drug-likeness (QED) is 0.486. The summed E-state index contributed by atoms with van der Waals surface area (Å²) in [5.41, 5.74) is -0.984. The van der Waals surface area contributed by atoms with E-state index in [0.717, 1.165) is 25.3 Å². The molecule has 0 amide bonds. The number of benzene rings is 1. The van der Waals surface area contributed by atoms with Gasteiger partial charge in [-0.2, -0.15) is 13.2 Å². The highest BCUT2D eigenvalue weighted by atomic mass is 19.4. The summed E-state index contributed by atoms with van der Waals surface area (Å²) in [7, 11) is 0. The Bertz CT molecular complexity index is 986. The first-order valence-corrected chi connectivity index (χ1v) is 11.6. The second-order valence-corrected chi connectivity index (χ2v) is 8.04. The molecule has 192 valence electrons. The Morgan fingerprint density at radius 3 is 2.29 bits per heavy atom. The lowest BCUT2D eigenvalue weighted by Crippen LogP contribution is -2.49. The van der Waals surface area contributed by atoms with Gasteiger partial charge in [-0.05, 0) is 51.7 Å². The summed E-state index contributed by atoms with van der Waals surface area (Å²) in [6.07, 6.45) is -5.50. The highest BCUT2D eigenvalue weighted by Crippen LogP contribution is 2.44. The monoisotopic (exact) mass is 498 g/mol. The molecule has 0 N–H and O–H groups in total. The minimum atomic E-state index is -4.71. The SMILES string of the molecule is CCOC(=O)OC1=C(C)N=C(N2CCCCC2)C(OC(=O)OCC)C1c1ccccc1C(F)(F)F. The zero-order valence-corrected chi connectivity index (χ0v) is 19.9. The average molecular weight is 498 g/mol. The van der Waals surface area contributed by atoms with E-state index >= 15 is 0 Å². The Morgan fingerprint density at radius 1 is 1.03 bits per heavy atom. The van der Waals surface area contributed by atoms with Crippen molar-refractivity contribution in [3.05, 3.63) is 46.8 Å². The van der Waals surface area contributed by atoms with Gasteiger partial charge in [0, 0.05) is 13.1 Å². The van der Waals surface area contributed by atoms with Gasteiger partial charge >= 0.3 is 18.5 Å². The molecule has 35 heavy (non-hydrogen) atoms. The Labute approximate surface area is 201 Å². The smallest absolute Gasteiger partial charge is 0.435 e. The lowest BCUT2D eigenvalue weighted by atomic mass is 9.84. The molecule has 0 radical (unpaired) electrons. The first-order chi connectivity index (χ1) is 16.7. The Morgan fingerprint density at radius 2 is 1.66 bits per heavy atom. The molecular formula is C24H29F3N2O6. The van der Waals surface area contributed by atoms with Crippen LogP contribution >= 0.6 is 0 Å². The van der Waals surface area contributed by atoms with Crippen LogP contribution in [0, 0.1) is 0 Å². The fourth-order valence-electron chi connectivity index (χ4n) is 4.26. The Balaban J connectivity index is 2.20. The number of piperidine rings is 1. The van der Waals surface area contributed by atoms with Gasteiger partial charge in [0.1, 0.15) is 11.6 Å². The second-order valence-electron chi connectivity index (χ2n) is 8.04. The van der Waals surface area contributed by atoms with E-state index in [4.69, 9.17) is 18.9 Å². The van der Waals surface area contributed by atoms with Gasteiger partial charge in [-0.25, -0.2) is 14.6 Å². The number of amidine groups is 1. The standard InChI is InChI=1S/C24H29F3N2O6/c1-4-32-22(30)34-19-15(3)28-21(29-13-9-6-10-14-29)20(35-23(31)33-5-2)18(19)16-11-7-8-12-17(16)24(25,26)27/h7-8,11-12,18,20H,4-6,9-10,13-14H2,1-3H3. The molecule has 0 aromatic heterocycles. The van der Waals surface area contributed by atoms with Crippen LogP contribution in [0.15, 0.2) is 40.7 Å². The van der Waals surface area contributed by atoms with Crippen LogP contribution in [0.3, 0.4) is 0 Å². The van der Waals surface area contributed by atoms with E-state index in [0.29, 0.717) is 13.1 Å². The zero-order valence-electron chi connectivity index (χ0n) is 19.9.